The van der Waals surface area contributed by atoms with Gasteiger partial charge in [0, 0.05) is 43.3 Å². The molecule has 0 aliphatic heterocycles. The van der Waals surface area contributed by atoms with E-state index >= 15 is 9.13 Å². The Kier molecular flexibility index (Phi) is 8.25. The molecule has 1 aliphatic rings. The summed E-state index contributed by atoms with van der Waals surface area (Å²) in [5, 5.41) is 8.33. The van der Waals surface area contributed by atoms with Crippen molar-refractivity contribution in [2.45, 2.75) is 37.8 Å². The van der Waals surface area contributed by atoms with Crippen LogP contribution in [0.15, 0.2) is 164 Å². The maximum atomic E-state index is 16.4. The fourth-order valence-electron chi connectivity index (χ4n) is 7.93. The lowest BCUT2D eigenvalue weighted by molar-refractivity contribution is 0.490. The highest BCUT2D eigenvalue weighted by Gasteiger charge is 2.41. The monoisotopic (exact) mass is 660 g/mol. The predicted octanol–water partition coefficient (Wildman–Crippen LogP) is 9.95. The van der Waals surface area contributed by atoms with Crippen molar-refractivity contribution >= 4 is 62.4 Å². The maximum Gasteiger partial charge on any atom is 0.171 e. The molecule has 7 aromatic carbocycles. The van der Waals surface area contributed by atoms with E-state index in [1.165, 1.54) is 6.42 Å². The topological polar surface area (TPSA) is 34.1 Å². The van der Waals surface area contributed by atoms with Gasteiger partial charge < -0.3 is 9.13 Å². The fourth-order valence-corrected chi connectivity index (χ4v) is 14.5. The summed E-state index contributed by atoms with van der Waals surface area (Å²) in [7, 11) is -6.62. The lowest BCUT2D eigenvalue weighted by Crippen LogP contribution is -2.31. The van der Waals surface area contributed by atoms with Gasteiger partial charge in [-0.25, -0.2) is 0 Å². The molecule has 0 heterocycles. The van der Waals surface area contributed by atoms with Crippen molar-refractivity contribution in [3.05, 3.63) is 164 Å². The van der Waals surface area contributed by atoms with Gasteiger partial charge in [0.15, 0.2) is 7.14 Å². The van der Waals surface area contributed by atoms with E-state index in [4.69, 9.17) is 0 Å². The third-order valence-electron chi connectivity index (χ3n) is 10.2. The van der Waals surface area contributed by atoms with Crippen molar-refractivity contribution in [2.75, 3.05) is 0 Å². The minimum absolute atomic E-state index is 0.0436. The van der Waals surface area contributed by atoms with E-state index in [0.717, 1.165) is 84.9 Å². The van der Waals surface area contributed by atoms with E-state index in [1.54, 1.807) is 0 Å². The zero-order valence-corrected chi connectivity index (χ0v) is 28.7. The molecule has 4 heteroatoms. The van der Waals surface area contributed by atoms with Crippen LogP contribution in [0.5, 0.6) is 0 Å². The van der Waals surface area contributed by atoms with Crippen molar-refractivity contribution in [3.8, 4) is 11.1 Å². The van der Waals surface area contributed by atoms with Crippen LogP contribution in [0.25, 0.3) is 32.7 Å². The molecule has 0 amide bonds. The van der Waals surface area contributed by atoms with Crippen LogP contribution in [0.4, 0.5) is 0 Å². The van der Waals surface area contributed by atoms with Crippen LogP contribution in [-0.2, 0) is 9.13 Å². The summed E-state index contributed by atoms with van der Waals surface area (Å²) in [4.78, 5) is 0. The van der Waals surface area contributed by atoms with Crippen LogP contribution < -0.4 is 26.5 Å². The van der Waals surface area contributed by atoms with Crippen molar-refractivity contribution in [3.63, 3.8) is 0 Å². The molecule has 1 unspecified atom stereocenters. The molecule has 236 valence electrons. The van der Waals surface area contributed by atoms with E-state index in [-0.39, 0.29) is 5.66 Å². The first kappa shape index (κ1) is 30.8. The van der Waals surface area contributed by atoms with Gasteiger partial charge in [0.1, 0.15) is 7.14 Å². The molecular weight excluding hydrogens is 622 g/mol. The molecule has 0 spiro atoms. The molecule has 8 rings (SSSR count). The standard InChI is InChI=1S/C44H38O2P2/c45-47(35-19-5-1-6-20-35,36-21-7-2-8-22-36)41-31-29-33-17-13-15-27-39(33)43(41)44-40-28-16-14-18-34(40)30-32-42(44)48(46,37-23-9-3-10-24-37)38-25-11-4-12-26-38/h1-3,5-10,13-24,27-32,38H,4,11-12,25-26H2. The van der Waals surface area contributed by atoms with Crippen LogP contribution in [0.1, 0.15) is 32.1 Å². The summed E-state index contributed by atoms with van der Waals surface area (Å²) in [5.41, 5.74) is 1.91. The third-order valence-corrected chi connectivity index (χ3v) is 17.0. The van der Waals surface area contributed by atoms with Gasteiger partial charge in [-0.3, -0.25) is 0 Å². The van der Waals surface area contributed by atoms with Crippen LogP contribution in [0, 0.1) is 0 Å². The van der Waals surface area contributed by atoms with Gasteiger partial charge in [0.05, 0.1) is 0 Å². The molecule has 1 atom stereocenters. The molecule has 48 heavy (non-hydrogen) atoms. The van der Waals surface area contributed by atoms with Gasteiger partial charge in [0.2, 0.25) is 0 Å². The highest BCUT2D eigenvalue weighted by Crippen LogP contribution is 2.57. The predicted molar refractivity (Wildman–Crippen MR) is 206 cm³/mol. The van der Waals surface area contributed by atoms with Crippen LogP contribution in [-0.4, -0.2) is 5.66 Å². The lowest BCUT2D eigenvalue weighted by Gasteiger charge is -2.34. The SMILES string of the molecule is O=P(c1ccccc1)(c1ccccc1)c1ccc2ccccc2c1-c1c(P(=O)(c2ccccc2)C2CCCCC2)ccc2ccccc12. The molecule has 0 N–H and O–H groups in total. The van der Waals surface area contributed by atoms with E-state index < -0.39 is 14.3 Å². The zero-order valence-electron chi connectivity index (χ0n) is 26.9. The number of benzene rings is 7. The minimum atomic E-state index is -3.43. The Morgan fingerprint density at radius 2 is 0.812 bits per heavy atom. The summed E-state index contributed by atoms with van der Waals surface area (Å²) in [6.07, 6.45) is 5.23. The second-order valence-electron chi connectivity index (χ2n) is 12.9. The van der Waals surface area contributed by atoms with E-state index in [9.17, 15) is 0 Å². The van der Waals surface area contributed by atoms with Gasteiger partial charge in [-0.05, 0) is 46.5 Å². The van der Waals surface area contributed by atoms with Crippen LogP contribution >= 0.6 is 14.3 Å². The largest absolute Gasteiger partial charge is 0.313 e. The minimum Gasteiger partial charge on any atom is -0.313 e. The second-order valence-corrected chi connectivity index (χ2v) is 18.7. The molecule has 0 radical (unpaired) electrons. The smallest absolute Gasteiger partial charge is 0.171 e. The number of hydrogen-bond acceptors (Lipinski definition) is 2. The summed E-state index contributed by atoms with van der Waals surface area (Å²) in [6.45, 7) is 0. The van der Waals surface area contributed by atoms with E-state index in [0.29, 0.717) is 0 Å². The first-order chi connectivity index (χ1) is 23.6. The molecular formula is C44H38O2P2. The van der Waals surface area contributed by atoms with Gasteiger partial charge in [-0.2, -0.15) is 0 Å². The Hall–Kier alpha value is -4.48. The Balaban J connectivity index is 1.56. The van der Waals surface area contributed by atoms with Crippen molar-refractivity contribution in [2.24, 2.45) is 0 Å². The molecule has 2 nitrogen and oxygen atoms in total. The maximum absolute atomic E-state index is 16.4. The summed E-state index contributed by atoms with van der Waals surface area (Å²) < 4.78 is 32.6. The van der Waals surface area contributed by atoms with Gasteiger partial charge in [0.25, 0.3) is 0 Å². The number of fused-ring (bicyclic) bond motifs is 2. The molecule has 1 fully saturated rings. The average Bonchev–Trinajstić information content (AvgIpc) is 3.18. The highest BCUT2D eigenvalue weighted by atomic mass is 31.2. The number of hydrogen-bond donors (Lipinski definition) is 0. The first-order valence-corrected chi connectivity index (χ1v) is 20.5. The summed E-state index contributed by atoms with van der Waals surface area (Å²) >= 11 is 0. The van der Waals surface area contributed by atoms with Gasteiger partial charge in [-0.15, -0.1) is 0 Å². The van der Waals surface area contributed by atoms with Gasteiger partial charge in [-0.1, -0.05) is 171 Å². The highest BCUT2D eigenvalue weighted by molar-refractivity contribution is 7.85. The average molecular weight is 661 g/mol. The molecule has 0 bridgehead atoms. The molecule has 0 aromatic heterocycles. The number of rotatable bonds is 7. The molecule has 1 saturated carbocycles. The molecule has 1 aliphatic carbocycles. The zero-order chi connectivity index (χ0) is 32.6. The van der Waals surface area contributed by atoms with E-state index in [1.807, 2.05) is 78.9 Å². The Labute approximate surface area is 283 Å². The summed E-state index contributed by atoms with van der Waals surface area (Å²) in [6, 6.07) is 55.3. The fraction of sp³-hybridized carbons (Fsp3) is 0.136. The Morgan fingerprint density at radius 3 is 1.33 bits per heavy atom. The first-order valence-electron chi connectivity index (χ1n) is 17.0. The second kappa shape index (κ2) is 12.9. The molecule has 0 saturated heterocycles. The lowest BCUT2D eigenvalue weighted by atomic mass is 9.93. The van der Waals surface area contributed by atoms with Crippen molar-refractivity contribution < 1.29 is 9.13 Å². The third kappa shape index (κ3) is 5.11. The van der Waals surface area contributed by atoms with Crippen molar-refractivity contribution in [1.82, 2.24) is 0 Å². The van der Waals surface area contributed by atoms with Crippen LogP contribution in [0.2, 0.25) is 0 Å². The molecule has 7 aromatic rings. The van der Waals surface area contributed by atoms with Crippen LogP contribution in [0.3, 0.4) is 0 Å². The Bertz CT molecular complexity index is 2280. The van der Waals surface area contributed by atoms with E-state index in [2.05, 4.69) is 84.9 Å². The van der Waals surface area contributed by atoms with Gasteiger partial charge >= 0.3 is 0 Å². The van der Waals surface area contributed by atoms with Crippen molar-refractivity contribution in [1.29, 1.82) is 0 Å². The normalized spacial score (nSPS) is 15.3. The Morgan fingerprint density at radius 1 is 0.396 bits per heavy atom. The summed E-state index contributed by atoms with van der Waals surface area (Å²) in [5.74, 6) is 0. The quantitative estimate of drug-likeness (QED) is 0.160.